The summed E-state index contributed by atoms with van der Waals surface area (Å²) in [4.78, 5) is 9.54. The van der Waals surface area contributed by atoms with E-state index in [9.17, 15) is 0 Å². The Kier molecular flexibility index (Phi) is 7.61. The predicted molar refractivity (Wildman–Crippen MR) is 104 cm³/mol. The van der Waals surface area contributed by atoms with Gasteiger partial charge in [-0.25, -0.2) is 0 Å². The SMILES string of the molecule is CN=C(NCCn1cccn1)N1CCC(N2CCCCC2)C1.I. The summed E-state index contributed by atoms with van der Waals surface area (Å²) in [5, 5.41) is 7.70. The highest BCUT2D eigenvalue weighted by atomic mass is 127. The van der Waals surface area contributed by atoms with Crippen LogP contribution in [-0.2, 0) is 6.54 Å². The fourth-order valence-electron chi connectivity index (χ4n) is 3.56. The highest BCUT2D eigenvalue weighted by Crippen LogP contribution is 2.20. The molecular formula is C16H29IN6. The predicted octanol–water partition coefficient (Wildman–Crippen LogP) is 1.64. The van der Waals surface area contributed by atoms with Gasteiger partial charge in [0.05, 0.1) is 6.54 Å². The first-order valence-electron chi connectivity index (χ1n) is 8.54. The van der Waals surface area contributed by atoms with Crippen LogP contribution in [0.2, 0.25) is 0 Å². The molecule has 2 aliphatic heterocycles. The van der Waals surface area contributed by atoms with E-state index in [2.05, 4.69) is 25.2 Å². The summed E-state index contributed by atoms with van der Waals surface area (Å²) in [7, 11) is 1.88. The summed E-state index contributed by atoms with van der Waals surface area (Å²) < 4.78 is 1.95. The number of hydrogen-bond acceptors (Lipinski definition) is 3. The maximum Gasteiger partial charge on any atom is 0.193 e. The number of hydrogen-bond donors (Lipinski definition) is 1. The molecule has 1 aromatic heterocycles. The van der Waals surface area contributed by atoms with Crippen molar-refractivity contribution >= 4 is 29.9 Å². The topological polar surface area (TPSA) is 48.7 Å². The Hall–Kier alpha value is -0.830. The van der Waals surface area contributed by atoms with Crippen LogP contribution in [-0.4, -0.2) is 71.4 Å². The normalized spacial score (nSPS) is 22.9. The molecule has 1 N–H and O–H groups in total. The van der Waals surface area contributed by atoms with Gasteiger partial charge >= 0.3 is 0 Å². The van der Waals surface area contributed by atoms with Gasteiger partial charge in [0.2, 0.25) is 0 Å². The molecule has 0 radical (unpaired) electrons. The zero-order valence-corrected chi connectivity index (χ0v) is 16.4. The average molecular weight is 432 g/mol. The van der Waals surface area contributed by atoms with Crippen molar-refractivity contribution in [3.05, 3.63) is 18.5 Å². The highest BCUT2D eigenvalue weighted by molar-refractivity contribution is 14.0. The summed E-state index contributed by atoms with van der Waals surface area (Å²) >= 11 is 0. The first-order valence-corrected chi connectivity index (χ1v) is 8.54. The van der Waals surface area contributed by atoms with Crippen LogP contribution in [0.15, 0.2) is 23.5 Å². The molecule has 1 atom stereocenters. The fourth-order valence-corrected chi connectivity index (χ4v) is 3.56. The summed E-state index contributed by atoms with van der Waals surface area (Å²) in [6, 6.07) is 2.67. The van der Waals surface area contributed by atoms with Gasteiger partial charge in [-0.3, -0.25) is 14.6 Å². The lowest BCUT2D eigenvalue weighted by atomic mass is 10.1. The van der Waals surface area contributed by atoms with Crippen LogP contribution in [0.4, 0.5) is 0 Å². The summed E-state index contributed by atoms with van der Waals surface area (Å²) in [6.07, 6.45) is 9.22. The van der Waals surface area contributed by atoms with E-state index < -0.39 is 0 Å². The van der Waals surface area contributed by atoms with Crippen molar-refractivity contribution in [2.24, 2.45) is 4.99 Å². The lowest BCUT2D eigenvalue weighted by Crippen LogP contribution is -2.45. The first-order chi connectivity index (χ1) is 10.9. The van der Waals surface area contributed by atoms with E-state index in [-0.39, 0.29) is 24.0 Å². The Balaban J connectivity index is 0.00000192. The Morgan fingerprint density at radius 2 is 2.09 bits per heavy atom. The van der Waals surface area contributed by atoms with Crippen molar-refractivity contribution in [3.63, 3.8) is 0 Å². The van der Waals surface area contributed by atoms with Crippen molar-refractivity contribution in [3.8, 4) is 0 Å². The monoisotopic (exact) mass is 432 g/mol. The Morgan fingerprint density at radius 1 is 1.26 bits per heavy atom. The van der Waals surface area contributed by atoms with Crippen LogP contribution in [0.3, 0.4) is 0 Å². The number of halogens is 1. The number of piperidine rings is 1. The van der Waals surface area contributed by atoms with E-state index in [1.54, 1.807) is 0 Å². The van der Waals surface area contributed by atoms with Crippen molar-refractivity contribution in [1.29, 1.82) is 0 Å². The highest BCUT2D eigenvalue weighted by Gasteiger charge is 2.29. The summed E-state index contributed by atoms with van der Waals surface area (Å²) in [5.41, 5.74) is 0. The molecule has 0 saturated carbocycles. The molecule has 3 heterocycles. The maximum atomic E-state index is 4.45. The second kappa shape index (κ2) is 9.46. The van der Waals surface area contributed by atoms with Crippen LogP contribution < -0.4 is 5.32 Å². The molecule has 7 heteroatoms. The molecule has 23 heavy (non-hydrogen) atoms. The van der Waals surface area contributed by atoms with Crippen LogP contribution in [0.25, 0.3) is 0 Å². The van der Waals surface area contributed by atoms with Gasteiger partial charge < -0.3 is 10.2 Å². The number of nitrogens with zero attached hydrogens (tertiary/aromatic N) is 5. The quantitative estimate of drug-likeness (QED) is 0.447. The van der Waals surface area contributed by atoms with Crippen LogP contribution in [0.1, 0.15) is 25.7 Å². The third kappa shape index (κ3) is 5.07. The first kappa shape index (κ1) is 18.5. The minimum absolute atomic E-state index is 0. The number of nitrogens with one attached hydrogen (secondary N) is 1. The van der Waals surface area contributed by atoms with Crippen molar-refractivity contribution in [2.45, 2.75) is 38.3 Å². The Morgan fingerprint density at radius 3 is 2.78 bits per heavy atom. The molecule has 1 aromatic rings. The average Bonchev–Trinajstić information content (AvgIpc) is 3.24. The molecule has 3 rings (SSSR count). The third-order valence-electron chi connectivity index (χ3n) is 4.76. The zero-order valence-electron chi connectivity index (χ0n) is 14.0. The second-order valence-corrected chi connectivity index (χ2v) is 6.23. The minimum atomic E-state index is 0. The smallest absolute Gasteiger partial charge is 0.193 e. The molecule has 6 nitrogen and oxygen atoms in total. The van der Waals surface area contributed by atoms with Gasteiger partial charge in [0, 0.05) is 45.1 Å². The third-order valence-corrected chi connectivity index (χ3v) is 4.76. The van der Waals surface area contributed by atoms with Gasteiger partial charge in [-0.05, 0) is 38.4 Å². The summed E-state index contributed by atoms with van der Waals surface area (Å²) in [5.74, 6) is 1.03. The van der Waals surface area contributed by atoms with E-state index in [1.807, 2.05) is 30.2 Å². The van der Waals surface area contributed by atoms with E-state index in [0.717, 1.165) is 32.1 Å². The fraction of sp³-hybridized carbons (Fsp3) is 0.750. The standard InChI is InChI=1S/C16H28N6.HI/c1-17-16(18-8-13-22-11-5-7-19-22)21-12-6-15(14-21)20-9-3-2-4-10-20;/h5,7,11,15H,2-4,6,8-10,12-14H2,1H3,(H,17,18);1H. The molecule has 0 aliphatic carbocycles. The number of aliphatic imine (C=N–C) groups is 1. The largest absolute Gasteiger partial charge is 0.354 e. The molecule has 1 unspecified atom stereocenters. The molecule has 0 amide bonds. The Bertz CT molecular complexity index is 469. The zero-order chi connectivity index (χ0) is 15.2. The van der Waals surface area contributed by atoms with Crippen molar-refractivity contribution < 1.29 is 0 Å². The van der Waals surface area contributed by atoms with E-state index in [4.69, 9.17) is 0 Å². The van der Waals surface area contributed by atoms with Gasteiger partial charge in [0.1, 0.15) is 0 Å². The van der Waals surface area contributed by atoms with Gasteiger partial charge in [-0.1, -0.05) is 6.42 Å². The maximum absolute atomic E-state index is 4.45. The van der Waals surface area contributed by atoms with E-state index >= 15 is 0 Å². The van der Waals surface area contributed by atoms with Crippen LogP contribution in [0.5, 0.6) is 0 Å². The van der Waals surface area contributed by atoms with Gasteiger partial charge in [0.15, 0.2) is 5.96 Å². The molecule has 2 fully saturated rings. The lowest BCUT2D eigenvalue weighted by molar-refractivity contribution is 0.168. The Labute approximate surface area is 156 Å². The van der Waals surface area contributed by atoms with E-state index in [1.165, 1.54) is 38.8 Å². The van der Waals surface area contributed by atoms with Gasteiger partial charge in [-0.15, -0.1) is 24.0 Å². The molecule has 2 aliphatic rings. The lowest BCUT2D eigenvalue weighted by Gasteiger charge is -2.32. The molecule has 0 spiro atoms. The number of rotatable bonds is 4. The number of guanidine groups is 1. The van der Waals surface area contributed by atoms with Crippen molar-refractivity contribution in [2.75, 3.05) is 39.8 Å². The molecule has 0 aromatic carbocycles. The van der Waals surface area contributed by atoms with Gasteiger partial charge in [-0.2, -0.15) is 5.10 Å². The summed E-state index contributed by atoms with van der Waals surface area (Å²) in [6.45, 7) is 6.52. The number of aromatic nitrogens is 2. The molecule has 2 saturated heterocycles. The molecule has 0 bridgehead atoms. The molecular weight excluding hydrogens is 403 g/mol. The van der Waals surface area contributed by atoms with Crippen molar-refractivity contribution in [1.82, 2.24) is 24.9 Å². The van der Waals surface area contributed by atoms with Crippen LogP contribution in [0, 0.1) is 0 Å². The number of likely N-dealkylation sites (tertiary alicyclic amines) is 2. The van der Waals surface area contributed by atoms with Gasteiger partial charge in [0.25, 0.3) is 0 Å². The van der Waals surface area contributed by atoms with Crippen LogP contribution >= 0.6 is 24.0 Å². The second-order valence-electron chi connectivity index (χ2n) is 6.23. The minimum Gasteiger partial charge on any atom is -0.354 e. The van der Waals surface area contributed by atoms with E-state index in [0.29, 0.717) is 6.04 Å². The molecule has 130 valence electrons.